The molecule has 1 aromatic carbocycles. The summed E-state index contributed by atoms with van der Waals surface area (Å²) < 4.78 is 5.09. The van der Waals surface area contributed by atoms with E-state index in [1.54, 1.807) is 12.1 Å². The zero-order chi connectivity index (χ0) is 8.55. The molecule has 0 spiro atoms. The fourth-order valence-electron chi connectivity index (χ4n) is 1.12. The van der Waals surface area contributed by atoms with Gasteiger partial charge in [0.1, 0.15) is 6.10 Å². The molecule has 0 bridgehead atoms. The fourth-order valence-corrected chi connectivity index (χ4v) is 1.24. The Bertz CT molecular complexity index is 327. The zero-order valence-electron chi connectivity index (χ0n) is 6.20. The number of rotatable bonds is 1. The van der Waals surface area contributed by atoms with Crippen LogP contribution in [0.3, 0.4) is 0 Å². The number of nitriles is 1. The van der Waals surface area contributed by atoms with E-state index in [9.17, 15) is 0 Å². The Morgan fingerprint density at radius 1 is 1.33 bits per heavy atom. The zero-order valence-corrected chi connectivity index (χ0v) is 6.95. The second kappa shape index (κ2) is 2.78. The molecule has 0 aliphatic carbocycles. The summed E-state index contributed by atoms with van der Waals surface area (Å²) >= 11 is 5.70. The highest BCUT2D eigenvalue weighted by Gasteiger charge is 2.40. The summed E-state index contributed by atoms with van der Waals surface area (Å²) in [7, 11) is 0. The van der Waals surface area contributed by atoms with E-state index in [1.165, 1.54) is 0 Å². The van der Waals surface area contributed by atoms with Crippen molar-refractivity contribution in [2.45, 2.75) is 12.2 Å². The van der Waals surface area contributed by atoms with E-state index >= 15 is 0 Å². The van der Waals surface area contributed by atoms with E-state index in [0.29, 0.717) is 5.02 Å². The Morgan fingerprint density at radius 2 is 2.00 bits per heavy atom. The molecule has 0 unspecified atom stereocenters. The minimum Gasteiger partial charge on any atom is -0.348 e. The lowest BCUT2D eigenvalue weighted by molar-refractivity contribution is 0.396. The van der Waals surface area contributed by atoms with Crippen LogP contribution in [-0.4, -0.2) is 6.10 Å². The summed E-state index contributed by atoms with van der Waals surface area (Å²) in [5, 5.41) is 9.19. The monoisotopic (exact) mass is 179 g/mol. The lowest BCUT2D eigenvalue weighted by Crippen LogP contribution is -1.83. The van der Waals surface area contributed by atoms with Gasteiger partial charge in [0, 0.05) is 5.02 Å². The van der Waals surface area contributed by atoms with Gasteiger partial charge in [0.25, 0.3) is 0 Å². The molecule has 0 saturated carbocycles. The number of epoxide rings is 1. The summed E-state index contributed by atoms with van der Waals surface area (Å²) in [5.74, 6) is 0. The van der Waals surface area contributed by atoms with Gasteiger partial charge in [-0.15, -0.1) is 0 Å². The van der Waals surface area contributed by atoms with Crippen molar-refractivity contribution in [3.63, 3.8) is 0 Å². The van der Waals surface area contributed by atoms with Gasteiger partial charge in [0.05, 0.1) is 6.07 Å². The minimum atomic E-state index is -0.258. The molecule has 2 atom stereocenters. The highest BCUT2D eigenvalue weighted by atomic mass is 35.5. The molecule has 0 amide bonds. The van der Waals surface area contributed by atoms with Gasteiger partial charge in [-0.05, 0) is 17.7 Å². The van der Waals surface area contributed by atoms with Crippen molar-refractivity contribution in [2.75, 3.05) is 0 Å². The van der Waals surface area contributed by atoms with Crippen LogP contribution in [-0.2, 0) is 4.74 Å². The standard InChI is InChI=1S/C9H6ClNO/c10-7-3-1-6(2-4-7)9-8(5-11)12-9/h1-4,8-9H/t8-,9-/m0/s1. The molecule has 60 valence electrons. The normalized spacial score (nSPS) is 26.3. The molecule has 2 rings (SSSR count). The van der Waals surface area contributed by atoms with E-state index in [2.05, 4.69) is 0 Å². The molecule has 1 saturated heterocycles. The third-order valence-corrected chi connectivity index (χ3v) is 2.07. The van der Waals surface area contributed by atoms with Crippen LogP contribution >= 0.6 is 11.6 Å². The summed E-state index contributed by atoms with van der Waals surface area (Å²) in [6.45, 7) is 0. The van der Waals surface area contributed by atoms with Crippen LogP contribution in [0.25, 0.3) is 0 Å². The van der Waals surface area contributed by atoms with Gasteiger partial charge in [-0.25, -0.2) is 0 Å². The molecule has 0 radical (unpaired) electrons. The molecule has 3 heteroatoms. The van der Waals surface area contributed by atoms with E-state index < -0.39 is 0 Å². The SMILES string of the molecule is N#C[C@@H]1O[C@H]1c1ccc(Cl)cc1. The van der Waals surface area contributed by atoms with Crippen molar-refractivity contribution >= 4 is 11.6 Å². The number of hydrogen-bond donors (Lipinski definition) is 0. The molecule has 12 heavy (non-hydrogen) atoms. The molecule has 1 aliphatic rings. The maximum absolute atomic E-state index is 8.49. The highest BCUT2D eigenvalue weighted by Crippen LogP contribution is 2.38. The summed E-state index contributed by atoms with van der Waals surface area (Å²) in [5.41, 5.74) is 1.02. The molecule has 0 aromatic heterocycles. The van der Waals surface area contributed by atoms with Crippen LogP contribution in [0.2, 0.25) is 5.02 Å². The number of nitrogens with zero attached hydrogens (tertiary/aromatic N) is 1. The second-order valence-corrected chi connectivity index (χ2v) is 3.09. The minimum absolute atomic E-state index is 0.0349. The largest absolute Gasteiger partial charge is 0.348 e. The number of halogens is 1. The van der Waals surface area contributed by atoms with Crippen LogP contribution in [0.15, 0.2) is 24.3 Å². The molecular weight excluding hydrogens is 174 g/mol. The molecular formula is C9H6ClNO. The average molecular weight is 180 g/mol. The van der Waals surface area contributed by atoms with Crippen LogP contribution < -0.4 is 0 Å². The number of ether oxygens (including phenoxy) is 1. The highest BCUT2D eigenvalue weighted by molar-refractivity contribution is 6.30. The van der Waals surface area contributed by atoms with Crippen LogP contribution in [0.1, 0.15) is 11.7 Å². The molecule has 0 N–H and O–H groups in total. The van der Waals surface area contributed by atoms with Crippen LogP contribution in [0.5, 0.6) is 0 Å². The lowest BCUT2D eigenvalue weighted by atomic mass is 10.1. The van der Waals surface area contributed by atoms with Crippen LogP contribution in [0.4, 0.5) is 0 Å². The first-order valence-corrected chi connectivity index (χ1v) is 3.99. The Morgan fingerprint density at radius 3 is 2.50 bits per heavy atom. The molecule has 2 nitrogen and oxygen atoms in total. The van der Waals surface area contributed by atoms with Gasteiger partial charge < -0.3 is 4.74 Å². The van der Waals surface area contributed by atoms with Crippen molar-refractivity contribution in [3.05, 3.63) is 34.9 Å². The second-order valence-electron chi connectivity index (χ2n) is 2.66. The smallest absolute Gasteiger partial charge is 0.175 e. The molecule has 1 heterocycles. The first-order chi connectivity index (χ1) is 5.81. The Balaban J connectivity index is 2.17. The van der Waals surface area contributed by atoms with E-state index in [1.807, 2.05) is 18.2 Å². The lowest BCUT2D eigenvalue weighted by Gasteiger charge is -1.93. The van der Waals surface area contributed by atoms with Crippen molar-refractivity contribution in [3.8, 4) is 6.07 Å². The first-order valence-electron chi connectivity index (χ1n) is 3.62. The third kappa shape index (κ3) is 1.29. The predicted octanol–water partition coefficient (Wildman–Crippen LogP) is 2.30. The molecule has 1 aliphatic heterocycles. The Labute approximate surface area is 75.3 Å². The van der Waals surface area contributed by atoms with Gasteiger partial charge in [-0.1, -0.05) is 23.7 Å². The van der Waals surface area contributed by atoms with Gasteiger partial charge in [0.15, 0.2) is 6.10 Å². The average Bonchev–Trinajstić information content (AvgIpc) is 2.85. The maximum Gasteiger partial charge on any atom is 0.175 e. The summed E-state index contributed by atoms with van der Waals surface area (Å²) in [6, 6.07) is 9.40. The number of hydrogen-bond acceptors (Lipinski definition) is 2. The van der Waals surface area contributed by atoms with Gasteiger partial charge in [0.2, 0.25) is 0 Å². The van der Waals surface area contributed by atoms with E-state index in [4.69, 9.17) is 21.6 Å². The van der Waals surface area contributed by atoms with Crippen molar-refractivity contribution in [1.29, 1.82) is 5.26 Å². The fraction of sp³-hybridized carbons (Fsp3) is 0.222. The third-order valence-electron chi connectivity index (χ3n) is 1.82. The quantitative estimate of drug-likeness (QED) is 0.621. The topological polar surface area (TPSA) is 36.3 Å². The maximum atomic E-state index is 8.49. The predicted molar refractivity (Wildman–Crippen MR) is 44.7 cm³/mol. The first kappa shape index (κ1) is 7.60. The van der Waals surface area contributed by atoms with E-state index in [0.717, 1.165) is 5.56 Å². The van der Waals surface area contributed by atoms with Gasteiger partial charge in [-0.3, -0.25) is 0 Å². The van der Waals surface area contributed by atoms with Crippen LogP contribution in [0, 0.1) is 11.3 Å². The molecule has 1 fully saturated rings. The van der Waals surface area contributed by atoms with Crippen molar-refractivity contribution in [2.24, 2.45) is 0 Å². The number of benzene rings is 1. The van der Waals surface area contributed by atoms with Gasteiger partial charge in [-0.2, -0.15) is 5.26 Å². The molecule has 1 aromatic rings. The van der Waals surface area contributed by atoms with Gasteiger partial charge >= 0.3 is 0 Å². The summed E-state index contributed by atoms with van der Waals surface area (Å²) in [4.78, 5) is 0. The van der Waals surface area contributed by atoms with E-state index in [-0.39, 0.29) is 12.2 Å². The summed E-state index contributed by atoms with van der Waals surface area (Å²) in [6.07, 6.45) is -0.293. The van der Waals surface area contributed by atoms with Crippen molar-refractivity contribution in [1.82, 2.24) is 0 Å². The Hall–Kier alpha value is -1.04. The Kier molecular flexibility index (Phi) is 1.76. The van der Waals surface area contributed by atoms with Crippen molar-refractivity contribution < 1.29 is 4.74 Å².